The van der Waals surface area contributed by atoms with Crippen LogP contribution in [0.3, 0.4) is 0 Å². The minimum atomic E-state index is -0.00602. The molecule has 0 aromatic heterocycles. The van der Waals surface area contributed by atoms with E-state index in [1.165, 1.54) is 0 Å². The molecule has 0 aliphatic carbocycles. The highest BCUT2D eigenvalue weighted by Crippen LogP contribution is 2.31. The minimum Gasteiger partial charge on any atom is -0.507 e. The molecule has 9 N–H and O–H groups in total. The van der Waals surface area contributed by atoms with Gasteiger partial charge in [-0.3, -0.25) is 16.1 Å². The molecule has 1 aromatic rings. The van der Waals surface area contributed by atoms with Crippen molar-refractivity contribution in [3.8, 4) is 5.75 Å². The number of nitrogens with two attached hydrogens (primary N) is 1. The van der Waals surface area contributed by atoms with Crippen molar-refractivity contribution >= 4 is 17.4 Å². The van der Waals surface area contributed by atoms with Crippen LogP contribution in [-0.4, -0.2) is 45.2 Å². The number of rotatable bonds is 4. The molecule has 0 saturated carbocycles. The molecule has 0 amide bonds. The Morgan fingerprint density at radius 1 is 1.22 bits per heavy atom. The van der Waals surface area contributed by atoms with Gasteiger partial charge in [0.25, 0.3) is 0 Å². The lowest BCUT2D eigenvalue weighted by Gasteiger charge is -2.49. The van der Waals surface area contributed by atoms with Crippen molar-refractivity contribution in [2.75, 3.05) is 7.05 Å². The Bertz CT molecular complexity index is 1060. The summed E-state index contributed by atoms with van der Waals surface area (Å²) in [5.41, 5.74) is 8.58. The van der Waals surface area contributed by atoms with Crippen LogP contribution in [0.5, 0.6) is 5.75 Å². The van der Waals surface area contributed by atoms with E-state index in [0.717, 1.165) is 12.8 Å². The number of hydroxylamine groups is 1. The zero-order chi connectivity index (χ0) is 23.7. The minimum absolute atomic E-state index is 0.00602. The highest BCUT2D eigenvalue weighted by molar-refractivity contribution is 5.91. The van der Waals surface area contributed by atoms with Crippen molar-refractivity contribution in [2.45, 2.75) is 57.7 Å². The van der Waals surface area contributed by atoms with E-state index in [1.54, 1.807) is 36.6 Å². The van der Waals surface area contributed by atoms with Gasteiger partial charge in [-0.15, -0.1) is 0 Å². The number of phenols is 1. The van der Waals surface area contributed by atoms with E-state index in [4.69, 9.17) is 16.4 Å². The van der Waals surface area contributed by atoms with Crippen LogP contribution in [0.25, 0.3) is 11.5 Å². The third-order valence-corrected chi connectivity index (χ3v) is 5.86. The van der Waals surface area contributed by atoms with Crippen LogP contribution in [-0.2, 0) is 0 Å². The van der Waals surface area contributed by atoms with E-state index < -0.39 is 0 Å². The molecule has 2 aliphatic rings. The molecule has 1 saturated heterocycles. The summed E-state index contributed by atoms with van der Waals surface area (Å²) in [5.74, 6) is 1.41. The number of aromatic hydroxyl groups is 1. The van der Waals surface area contributed by atoms with Gasteiger partial charge in [0, 0.05) is 46.5 Å². The van der Waals surface area contributed by atoms with Crippen molar-refractivity contribution in [3.05, 3.63) is 52.8 Å². The van der Waals surface area contributed by atoms with Gasteiger partial charge in [0.15, 0.2) is 0 Å². The predicted octanol–water partition coefficient (Wildman–Crippen LogP) is 0.270. The van der Waals surface area contributed by atoms with Crippen molar-refractivity contribution < 1.29 is 10.3 Å². The van der Waals surface area contributed by atoms with Gasteiger partial charge in [-0.25, -0.2) is 0 Å². The van der Waals surface area contributed by atoms with Crippen LogP contribution in [0.1, 0.15) is 40.5 Å². The lowest BCUT2D eigenvalue weighted by Crippen LogP contribution is -2.62. The summed E-state index contributed by atoms with van der Waals surface area (Å²) in [4.78, 5) is 1.99. The van der Waals surface area contributed by atoms with Gasteiger partial charge >= 0.3 is 0 Å². The fraction of sp³-hybridized carbons (Fsp3) is 0.435. The smallest absolute Gasteiger partial charge is 0.145 e. The molecule has 9 heteroatoms. The van der Waals surface area contributed by atoms with Crippen LogP contribution in [0.4, 0.5) is 0 Å². The normalized spacial score (nSPS) is 22.6. The second kappa shape index (κ2) is 8.76. The summed E-state index contributed by atoms with van der Waals surface area (Å²) in [5, 5.41) is 38.7. The molecule has 2 aliphatic heterocycles. The molecule has 0 unspecified atom stereocenters. The second-order valence-corrected chi connectivity index (χ2v) is 9.79. The number of phenolic OH excluding ortho intramolecular Hbond substituents is 1. The Kier molecular flexibility index (Phi) is 6.43. The van der Waals surface area contributed by atoms with Crippen LogP contribution >= 0.6 is 0 Å². The maximum atomic E-state index is 10.5. The molecule has 1 fully saturated rings. The standard InChI is InChI=1S/C23H35N7O2/c1-22(2)11-15(12-23(3,4)29-22)30(5)19(25)9-8-17(24)16-7-6-14(10-18(16)31)21-26-13-20(27-21)28-32/h6-10,13,15,25-29,31-32H,11-12,24H2,1-5H3. The summed E-state index contributed by atoms with van der Waals surface area (Å²) < 4.78 is 0. The van der Waals surface area contributed by atoms with Crippen LogP contribution in [0, 0.1) is 5.41 Å². The lowest BCUT2D eigenvalue weighted by atomic mass is 9.79. The Hall–Kier alpha value is -3.17. The topological polar surface area (TPSA) is 142 Å². The van der Waals surface area contributed by atoms with Gasteiger partial charge < -0.3 is 31.7 Å². The van der Waals surface area contributed by atoms with E-state index in [1.807, 2.05) is 17.4 Å². The van der Waals surface area contributed by atoms with Gasteiger partial charge in [-0.05, 0) is 64.8 Å². The van der Waals surface area contributed by atoms with Crippen molar-refractivity contribution in [3.63, 3.8) is 0 Å². The lowest BCUT2D eigenvalue weighted by molar-refractivity contribution is 0.114. The first-order chi connectivity index (χ1) is 14.9. The molecule has 0 atom stereocenters. The highest BCUT2D eigenvalue weighted by atomic mass is 16.5. The Labute approximate surface area is 188 Å². The quantitative estimate of drug-likeness (QED) is 0.189. The monoisotopic (exact) mass is 441 g/mol. The summed E-state index contributed by atoms with van der Waals surface area (Å²) in [6.45, 7) is 8.77. The molecular weight excluding hydrogens is 406 g/mol. The van der Waals surface area contributed by atoms with Gasteiger partial charge in [-0.1, -0.05) is 6.07 Å². The van der Waals surface area contributed by atoms with Gasteiger partial charge in [0.05, 0.1) is 0 Å². The summed E-state index contributed by atoms with van der Waals surface area (Å²) in [6, 6.07) is 5.34. The Morgan fingerprint density at radius 2 is 1.88 bits per heavy atom. The Morgan fingerprint density at radius 3 is 2.44 bits per heavy atom. The van der Waals surface area contributed by atoms with Crippen molar-refractivity contribution in [1.29, 1.82) is 5.41 Å². The number of hydrogen-bond donors (Lipinski definition) is 8. The molecule has 2 heterocycles. The number of likely N-dealkylation sites (N-methyl/N-ethyl adjacent to an activating group) is 1. The fourth-order valence-electron chi connectivity index (χ4n) is 4.61. The zero-order valence-corrected chi connectivity index (χ0v) is 19.4. The molecule has 9 nitrogen and oxygen atoms in total. The highest BCUT2D eigenvalue weighted by Gasteiger charge is 2.39. The molecule has 1 aromatic carbocycles. The molecule has 0 radical (unpaired) electrons. The molecule has 3 rings (SSSR count). The zero-order valence-electron chi connectivity index (χ0n) is 19.4. The maximum Gasteiger partial charge on any atom is 0.145 e. The number of amidine groups is 1. The number of hydrogen-bond acceptors (Lipinski definition) is 8. The molecule has 0 bridgehead atoms. The third kappa shape index (κ3) is 5.35. The summed E-state index contributed by atoms with van der Waals surface area (Å²) in [6.07, 6.45) is 6.76. The largest absolute Gasteiger partial charge is 0.507 e. The number of nitrogens with zero attached hydrogens (tertiary/aromatic N) is 1. The molecular formula is C23H35N7O2. The second-order valence-electron chi connectivity index (χ2n) is 9.79. The SMILES string of the molecule is CN(C(=N)C=CC(N)=c1ccc(=C2NC=C(NO)N2)cc1O)C1CC(C)(C)NC(C)(C)C1. The summed E-state index contributed by atoms with van der Waals surface area (Å²) in [7, 11) is 1.94. The van der Waals surface area contributed by atoms with Crippen molar-refractivity contribution in [2.24, 2.45) is 5.73 Å². The van der Waals surface area contributed by atoms with Gasteiger partial charge in [-0.2, -0.15) is 0 Å². The van der Waals surface area contributed by atoms with E-state index in [0.29, 0.717) is 33.6 Å². The maximum absolute atomic E-state index is 10.5. The molecule has 0 spiro atoms. The van der Waals surface area contributed by atoms with E-state index in [-0.39, 0.29) is 22.9 Å². The predicted molar refractivity (Wildman–Crippen MR) is 127 cm³/mol. The average molecular weight is 442 g/mol. The first-order valence-electron chi connectivity index (χ1n) is 10.7. The average Bonchev–Trinajstić information content (AvgIpc) is 3.18. The van der Waals surface area contributed by atoms with E-state index in [2.05, 4.69) is 43.6 Å². The van der Waals surface area contributed by atoms with Gasteiger partial charge in [0.2, 0.25) is 0 Å². The fourth-order valence-corrected chi connectivity index (χ4v) is 4.61. The number of piperidine rings is 1. The first kappa shape index (κ1) is 23.5. The molecule has 174 valence electrons. The molecule has 32 heavy (non-hydrogen) atoms. The van der Waals surface area contributed by atoms with Gasteiger partial charge in [0.1, 0.15) is 23.2 Å². The summed E-state index contributed by atoms with van der Waals surface area (Å²) >= 11 is 0. The van der Waals surface area contributed by atoms with E-state index in [9.17, 15) is 5.11 Å². The first-order valence-corrected chi connectivity index (χ1v) is 10.7. The number of benzene rings is 1. The van der Waals surface area contributed by atoms with E-state index >= 15 is 0 Å². The van der Waals surface area contributed by atoms with Crippen LogP contribution in [0.2, 0.25) is 0 Å². The Balaban J connectivity index is 1.77. The van der Waals surface area contributed by atoms with Crippen LogP contribution in [0.15, 0.2) is 42.4 Å². The van der Waals surface area contributed by atoms with Crippen molar-refractivity contribution in [1.82, 2.24) is 26.3 Å². The number of nitrogens with one attached hydrogen (secondary N) is 5. The van der Waals surface area contributed by atoms with Crippen LogP contribution < -0.4 is 37.6 Å². The third-order valence-electron chi connectivity index (χ3n) is 5.86.